The molecule has 21 heavy (non-hydrogen) atoms. The summed E-state index contributed by atoms with van der Waals surface area (Å²) in [7, 11) is 0. The second-order valence-electron chi connectivity index (χ2n) is 4.09. The van der Waals surface area contributed by atoms with Gasteiger partial charge in [0.15, 0.2) is 13.2 Å². The molecule has 0 saturated carbocycles. The lowest BCUT2D eigenvalue weighted by atomic mass is 10.3. The van der Waals surface area contributed by atoms with E-state index in [9.17, 15) is 9.59 Å². The summed E-state index contributed by atoms with van der Waals surface area (Å²) in [5.41, 5.74) is 0. The fourth-order valence-corrected chi connectivity index (χ4v) is 2.04. The van der Waals surface area contributed by atoms with Crippen molar-refractivity contribution in [3.63, 3.8) is 0 Å². The summed E-state index contributed by atoms with van der Waals surface area (Å²) in [6.45, 7) is 4.24. The average molecular weight is 334 g/mol. The van der Waals surface area contributed by atoms with E-state index in [-0.39, 0.29) is 19.1 Å². The Kier molecular flexibility index (Phi) is 7.32. The van der Waals surface area contributed by atoms with Crippen molar-refractivity contribution in [2.75, 3.05) is 26.3 Å². The minimum absolute atomic E-state index is 0.238. The fourth-order valence-electron chi connectivity index (χ4n) is 1.58. The zero-order valence-corrected chi connectivity index (χ0v) is 13.4. The molecule has 116 valence electrons. The van der Waals surface area contributed by atoms with Gasteiger partial charge in [-0.2, -0.15) is 0 Å². The molecule has 0 bridgehead atoms. The van der Waals surface area contributed by atoms with Crippen LogP contribution in [0.5, 0.6) is 5.75 Å². The molecule has 0 heterocycles. The minimum atomic E-state index is -0.637. The van der Waals surface area contributed by atoms with Gasteiger partial charge >= 0.3 is 5.97 Å². The molecule has 0 spiro atoms. The highest BCUT2D eigenvalue weighted by Crippen LogP contribution is 2.27. The Bertz CT molecular complexity index is 504. The summed E-state index contributed by atoms with van der Waals surface area (Å²) in [6.07, 6.45) is 0. The number of benzene rings is 1. The number of esters is 1. The van der Waals surface area contributed by atoms with Crippen LogP contribution in [0.2, 0.25) is 10.0 Å². The first-order chi connectivity index (χ1) is 9.97. The largest absolute Gasteiger partial charge is 0.480 e. The van der Waals surface area contributed by atoms with Crippen molar-refractivity contribution in [1.82, 2.24) is 4.90 Å². The zero-order chi connectivity index (χ0) is 15.8. The van der Waals surface area contributed by atoms with Crippen LogP contribution in [-0.4, -0.2) is 43.1 Å². The minimum Gasteiger partial charge on any atom is -0.480 e. The molecule has 0 aliphatic carbocycles. The van der Waals surface area contributed by atoms with Gasteiger partial charge < -0.3 is 14.4 Å². The van der Waals surface area contributed by atoms with Gasteiger partial charge in [0.05, 0.1) is 5.02 Å². The smallest absolute Gasteiger partial charge is 0.344 e. The van der Waals surface area contributed by atoms with Crippen molar-refractivity contribution in [3.05, 3.63) is 28.2 Å². The van der Waals surface area contributed by atoms with Crippen LogP contribution in [0.1, 0.15) is 13.8 Å². The third-order valence-corrected chi connectivity index (χ3v) is 3.24. The molecule has 0 N–H and O–H groups in total. The van der Waals surface area contributed by atoms with E-state index in [0.717, 1.165) is 0 Å². The van der Waals surface area contributed by atoms with E-state index in [0.29, 0.717) is 28.9 Å². The van der Waals surface area contributed by atoms with Crippen molar-refractivity contribution >= 4 is 35.1 Å². The van der Waals surface area contributed by atoms with Crippen LogP contribution in [-0.2, 0) is 14.3 Å². The molecule has 1 amide bonds. The Morgan fingerprint density at radius 1 is 1.14 bits per heavy atom. The zero-order valence-electron chi connectivity index (χ0n) is 11.9. The van der Waals surface area contributed by atoms with Crippen LogP contribution >= 0.6 is 23.2 Å². The van der Waals surface area contributed by atoms with E-state index in [1.165, 1.54) is 6.07 Å². The molecule has 0 fully saturated rings. The number of hydrogen-bond donors (Lipinski definition) is 0. The maximum absolute atomic E-state index is 11.6. The van der Waals surface area contributed by atoms with Crippen molar-refractivity contribution in [2.45, 2.75) is 13.8 Å². The van der Waals surface area contributed by atoms with Gasteiger partial charge in [0.2, 0.25) is 0 Å². The van der Waals surface area contributed by atoms with Crippen molar-refractivity contribution in [3.8, 4) is 5.75 Å². The highest BCUT2D eigenvalue weighted by atomic mass is 35.5. The Morgan fingerprint density at radius 3 is 2.38 bits per heavy atom. The van der Waals surface area contributed by atoms with E-state index in [4.69, 9.17) is 32.7 Å². The van der Waals surface area contributed by atoms with Crippen LogP contribution in [0.25, 0.3) is 0 Å². The van der Waals surface area contributed by atoms with Gasteiger partial charge in [-0.05, 0) is 32.0 Å². The van der Waals surface area contributed by atoms with Gasteiger partial charge in [-0.3, -0.25) is 4.79 Å². The van der Waals surface area contributed by atoms with Gasteiger partial charge in [0, 0.05) is 18.1 Å². The summed E-state index contributed by atoms with van der Waals surface area (Å²) < 4.78 is 10.1. The van der Waals surface area contributed by atoms with Gasteiger partial charge in [0.25, 0.3) is 5.91 Å². The molecule has 1 aromatic carbocycles. The van der Waals surface area contributed by atoms with Crippen LogP contribution in [0.15, 0.2) is 18.2 Å². The first-order valence-electron chi connectivity index (χ1n) is 6.49. The molecule has 5 nitrogen and oxygen atoms in total. The molecule has 0 aliphatic heterocycles. The van der Waals surface area contributed by atoms with Crippen LogP contribution in [0.4, 0.5) is 0 Å². The lowest BCUT2D eigenvalue weighted by Crippen LogP contribution is -2.34. The van der Waals surface area contributed by atoms with E-state index in [2.05, 4.69) is 0 Å². The van der Waals surface area contributed by atoms with Gasteiger partial charge in [-0.1, -0.05) is 23.2 Å². The summed E-state index contributed by atoms with van der Waals surface area (Å²) in [6, 6.07) is 4.66. The predicted molar refractivity (Wildman–Crippen MR) is 80.8 cm³/mol. The maximum atomic E-state index is 11.6. The quantitative estimate of drug-likeness (QED) is 0.720. The number of carbonyl (C=O) groups is 2. The van der Waals surface area contributed by atoms with Crippen LogP contribution in [0.3, 0.4) is 0 Å². The van der Waals surface area contributed by atoms with Gasteiger partial charge in [-0.15, -0.1) is 0 Å². The van der Waals surface area contributed by atoms with E-state index in [1.54, 1.807) is 17.0 Å². The summed E-state index contributed by atoms with van der Waals surface area (Å²) >= 11 is 11.6. The fraction of sp³-hybridized carbons (Fsp3) is 0.429. The van der Waals surface area contributed by atoms with E-state index in [1.807, 2.05) is 13.8 Å². The second-order valence-corrected chi connectivity index (χ2v) is 4.93. The Hall–Kier alpha value is -1.46. The molecule has 7 heteroatoms. The summed E-state index contributed by atoms with van der Waals surface area (Å²) in [5, 5.41) is 0.772. The molecule has 0 saturated heterocycles. The molecule has 0 aliphatic rings. The molecule has 0 aromatic heterocycles. The van der Waals surface area contributed by atoms with Crippen molar-refractivity contribution in [1.29, 1.82) is 0 Å². The van der Waals surface area contributed by atoms with E-state index >= 15 is 0 Å². The molecular formula is C14H17Cl2NO4. The van der Waals surface area contributed by atoms with Crippen LogP contribution in [0, 0.1) is 0 Å². The average Bonchev–Trinajstić information content (AvgIpc) is 2.45. The predicted octanol–water partition coefficient (Wildman–Crippen LogP) is 2.78. The lowest BCUT2D eigenvalue weighted by Gasteiger charge is -2.18. The lowest BCUT2D eigenvalue weighted by molar-refractivity contribution is -0.153. The van der Waals surface area contributed by atoms with Crippen molar-refractivity contribution < 1.29 is 19.1 Å². The van der Waals surface area contributed by atoms with Crippen molar-refractivity contribution in [2.24, 2.45) is 0 Å². The maximum Gasteiger partial charge on any atom is 0.344 e. The monoisotopic (exact) mass is 333 g/mol. The third kappa shape index (κ3) is 5.81. The highest BCUT2D eigenvalue weighted by molar-refractivity contribution is 6.35. The number of halogens is 2. The third-order valence-electron chi connectivity index (χ3n) is 2.71. The summed E-state index contributed by atoms with van der Waals surface area (Å²) in [4.78, 5) is 24.7. The van der Waals surface area contributed by atoms with Crippen LogP contribution < -0.4 is 4.74 Å². The Balaban J connectivity index is 2.39. The Morgan fingerprint density at radius 2 is 1.81 bits per heavy atom. The number of rotatable bonds is 7. The first kappa shape index (κ1) is 17.6. The number of ether oxygens (including phenoxy) is 2. The first-order valence-corrected chi connectivity index (χ1v) is 7.24. The normalized spacial score (nSPS) is 10.1. The molecular weight excluding hydrogens is 317 g/mol. The van der Waals surface area contributed by atoms with Gasteiger partial charge in [0.1, 0.15) is 5.75 Å². The SMILES string of the molecule is CCN(CC)C(=O)COC(=O)COc1ccc(Cl)cc1Cl. The number of hydrogen-bond acceptors (Lipinski definition) is 4. The number of nitrogens with zero attached hydrogens (tertiary/aromatic N) is 1. The number of amides is 1. The molecule has 0 atom stereocenters. The molecule has 0 unspecified atom stereocenters. The molecule has 0 radical (unpaired) electrons. The topological polar surface area (TPSA) is 55.8 Å². The number of likely N-dealkylation sites (N-methyl/N-ethyl adjacent to an activating group) is 1. The standard InChI is InChI=1S/C14H17Cl2NO4/c1-3-17(4-2)13(18)8-21-14(19)9-20-12-6-5-10(15)7-11(12)16/h5-7H,3-4,8-9H2,1-2H3. The Labute approximate surface area is 133 Å². The van der Waals surface area contributed by atoms with E-state index < -0.39 is 5.97 Å². The molecule has 1 rings (SSSR count). The molecule has 1 aromatic rings. The number of carbonyl (C=O) groups excluding carboxylic acids is 2. The van der Waals surface area contributed by atoms with Gasteiger partial charge in [-0.25, -0.2) is 4.79 Å². The highest BCUT2D eigenvalue weighted by Gasteiger charge is 2.13. The summed E-state index contributed by atoms with van der Waals surface area (Å²) in [5.74, 6) is -0.549. The second kappa shape index (κ2) is 8.74.